The van der Waals surface area contributed by atoms with E-state index in [1.807, 2.05) is 0 Å². The van der Waals surface area contributed by atoms with Crippen molar-refractivity contribution in [2.45, 2.75) is 65.2 Å². The van der Waals surface area contributed by atoms with Gasteiger partial charge in [0.1, 0.15) is 0 Å². The average molecular weight is 453 g/mol. The summed E-state index contributed by atoms with van der Waals surface area (Å²) < 4.78 is 6.19. The van der Waals surface area contributed by atoms with Crippen LogP contribution in [0.4, 0.5) is 0 Å². The molecule has 0 aromatic carbocycles. The molecule has 1 heterocycles. The normalized spacial score (nSPS) is 50.6. The van der Waals surface area contributed by atoms with Crippen molar-refractivity contribution in [3.8, 4) is 0 Å². The van der Waals surface area contributed by atoms with Crippen LogP contribution in [-0.4, -0.2) is 65.2 Å². The van der Waals surface area contributed by atoms with E-state index in [1.54, 1.807) is 0 Å². The highest BCUT2D eigenvalue weighted by Gasteiger charge is 2.76. The maximum atomic E-state index is 11.1. The fraction of sp³-hybridized carbons (Fsp3) is 0.923. The summed E-state index contributed by atoms with van der Waals surface area (Å²) in [5, 5.41) is 53.8. The van der Waals surface area contributed by atoms with Gasteiger partial charge in [0.25, 0.3) is 0 Å². The molecule has 1 saturated heterocycles. The lowest BCUT2D eigenvalue weighted by atomic mass is 9.30. The predicted octanol–water partition coefficient (Wildman–Crippen LogP) is 3.04. The molecule has 3 saturated carbocycles. The van der Waals surface area contributed by atoms with Crippen molar-refractivity contribution in [1.82, 2.24) is 0 Å². The van der Waals surface area contributed by atoms with Crippen LogP contribution in [0, 0.1) is 45.3 Å². The molecule has 3 bridgehead atoms. The van der Waals surface area contributed by atoms with Gasteiger partial charge in [-0.3, -0.25) is 0 Å². The highest BCUT2D eigenvalue weighted by Crippen LogP contribution is 2.77. The van der Waals surface area contributed by atoms with Crippen molar-refractivity contribution in [1.29, 1.82) is 0 Å². The maximum absolute atomic E-state index is 11.1. The molecule has 6 nitrogen and oxygen atoms in total. The molecular formula is C26H44O6. The summed E-state index contributed by atoms with van der Waals surface area (Å²) in [6.45, 7) is 5.13. The molecular weight excluding hydrogens is 408 g/mol. The number of rotatable bonds is 4. The van der Waals surface area contributed by atoms with E-state index in [4.69, 9.17) is 4.74 Å². The van der Waals surface area contributed by atoms with Crippen LogP contribution in [0.3, 0.4) is 0 Å². The summed E-state index contributed by atoms with van der Waals surface area (Å²) in [6.07, 6.45) is 9.12. The minimum absolute atomic E-state index is 0.0338. The average Bonchev–Trinajstić information content (AvgIpc) is 3.09. The Morgan fingerprint density at radius 1 is 0.906 bits per heavy atom. The topological polar surface area (TPSA) is 110 Å². The van der Waals surface area contributed by atoms with Crippen LogP contribution >= 0.6 is 0 Å². The zero-order valence-corrected chi connectivity index (χ0v) is 19.9. The van der Waals surface area contributed by atoms with Gasteiger partial charge in [-0.05, 0) is 42.6 Å². The molecule has 32 heavy (non-hydrogen) atoms. The third-order valence-corrected chi connectivity index (χ3v) is 11.1. The van der Waals surface area contributed by atoms with Crippen LogP contribution < -0.4 is 0 Å². The summed E-state index contributed by atoms with van der Waals surface area (Å²) in [5.41, 5.74) is -0.983. The summed E-state index contributed by atoms with van der Waals surface area (Å²) in [7, 11) is 0. The van der Waals surface area contributed by atoms with Gasteiger partial charge < -0.3 is 30.3 Å². The molecule has 0 aromatic rings. The van der Waals surface area contributed by atoms with Crippen LogP contribution in [0.15, 0.2) is 11.8 Å². The van der Waals surface area contributed by atoms with Gasteiger partial charge in [0, 0.05) is 47.4 Å². The quantitative estimate of drug-likeness (QED) is 0.420. The molecule has 8 unspecified atom stereocenters. The number of aliphatic hydroxyl groups excluding tert-OH is 5. The van der Waals surface area contributed by atoms with E-state index in [2.05, 4.69) is 13.8 Å². The van der Waals surface area contributed by atoms with Gasteiger partial charge in [-0.25, -0.2) is 0 Å². The standard InChI is InChI=1S/C26H44O6/c1-23-16-32-17-24(23,2)22-10-25(14-30)9-7-5-3-4-6-8-20(23)18(11-27)19(12-28)21(13-29)26(22,25)15-31/h11,19-22,27-31H,3-10,12-17H2,1-2H3/b18-11-. The predicted molar refractivity (Wildman–Crippen MR) is 122 cm³/mol. The molecule has 5 N–H and O–H groups in total. The third-order valence-electron chi connectivity index (χ3n) is 11.1. The minimum atomic E-state index is -0.735. The Kier molecular flexibility index (Phi) is 6.76. The Labute approximate surface area is 192 Å². The summed E-state index contributed by atoms with van der Waals surface area (Å²) >= 11 is 0. The number of fused-ring (bicyclic) bond motifs is 2. The van der Waals surface area contributed by atoms with Gasteiger partial charge in [-0.15, -0.1) is 0 Å². The first kappa shape index (κ1) is 24.5. The highest BCUT2D eigenvalue weighted by atomic mass is 16.5. The fourth-order valence-corrected chi connectivity index (χ4v) is 9.02. The first-order chi connectivity index (χ1) is 15.4. The van der Waals surface area contributed by atoms with E-state index in [0.29, 0.717) is 13.2 Å². The van der Waals surface area contributed by atoms with Crippen LogP contribution in [0.1, 0.15) is 65.2 Å². The van der Waals surface area contributed by atoms with Gasteiger partial charge in [0.15, 0.2) is 0 Å². The Morgan fingerprint density at radius 3 is 2.22 bits per heavy atom. The lowest BCUT2D eigenvalue weighted by molar-refractivity contribution is -0.293. The number of aliphatic hydroxyl groups is 5. The second-order valence-electron chi connectivity index (χ2n) is 11.8. The zero-order chi connectivity index (χ0) is 23.2. The molecule has 4 fully saturated rings. The number of hydrogen-bond donors (Lipinski definition) is 5. The maximum Gasteiger partial charge on any atom is 0.0790 e. The SMILES string of the molecule is CC12COCC1(C)C1CC3(CO)CCCCCCCC2/C(=C\O)C(CO)C(CO)C13CO. The van der Waals surface area contributed by atoms with Crippen molar-refractivity contribution in [3.05, 3.63) is 11.8 Å². The monoisotopic (exact) mass is 452 g/mol. The van der Waals surface area contributed by atoms with Crippen LogP contribution in [0.2, 0.25) is 0 Å². The Morgan fingerprint density at radius 2 is 1.59 bits per heavy atom. The third kappa shape index (κ3) is 2.95. The van der Waals surface area contributed by atoms with E-state index < -0.39 is 22.7 Å². The highest BCUT2D eigenvalue weighted by molar-refractivity contribution is 5.29. The lowest BCUT2D eigenvalue weighted by Gasteiger charge is -2.74. The second kappa shape index (κ2) is 8.84. The summed E-state index contributed by atoms with van der Waals surface area (Å²) in [5.74, 6) is -0.798. The van der Waals surface area contributed by atoms with Crippen LogP contribution in [-0.2, 0) is 4.74 Å². The molecule has 4 rings (SSSR count). The van der Waals surface area contributed by atoms with Gasteiger partial charge in [-0.1, -0.05) is 46.0 Å². The first-order valence-electron chi connectivity index (χ1n) is 12.7. The van der Waals surface area contributed by atoms with Crippen LogP contribution in [0.5, 0.6) is 0 Å². The zero-order valence-electron chi connectivity index (χ0n) is 19.9. The van der Waals surface area contributed by atoms with Gasteiger partial charge in [0.2, 0.25) is 0 Å². The molecule has 8 atom stereocenters. The molecule has 1 aliphatic heterocycles. The van der Waals surface area contributed by atoms with Gasteiger partial charge in [-0.2, -0.15) is 0 Å². The van der Waals surface area contributed by atoms with Crippen molar-refractivity contribution in [2.75, 3.05) is 39.6 Å². The Hall–Kier alpha value is -0.660. The molecule has 0 radical (unpaired) electrons. The van der Waals surface area contributed by atoms with Crippen molar-refractivity contribution in [3.63, 3.8) is 0 Å². The lowest BCUT2D eigenvalue weighted by Crippen LogP contribution is -2.74. The fourth-order valence-electron chi connectivity index (χ4n) is 9.02. The van der Waals surface area contributed by atoms with E-state index >= 15 is 0 Å². The Balaban J connectivity index is 2.00. The smallest absolute Gasteiger partial charge is 0.0790 e. The van der Waals surface area contributed by atoms with E-state index in [0.717, 1.165) is 56.9 Å². The number of hydrogen-bond acceptors (Lipinski definition) is 6. The minimum Gasteiger partial charge on any atom is -0.516 e. The van der Waals surface area contributed by atoms with Crippen molar-refractivity contribution >= 4 is 0 Å². The Bertz CT molecular complexity index is 710. The van der Waals surface area contributed by atoms with E-state index in [1.165, 1.54) is 6.26 Å². The van der Waals surface area contributed by atoms with Crippen LogP contribution in [0.25, 0.3) is 0 Å². The molecule has 6 heteroatoms. The molecule has 3 aliphatic carbocycles. The van der Waals surface area contributed by atoms with E-state index in [-0.39, 0.29) is 49.1 Å². The second-order valence-corrected chi connectivity index (χ2v) is 11.8. The first-order valence-corrected chi connectivity index (χ1v) is 12.7. The van der Waals surface area contributed by atoms with Crippen molar-refractivity contribution in [2.24, 2.45) is 45.3 Å². The number of ether oxygens (including phenoxy) is 1. The molecule has 4 aliphatic rings. The summed E-state index contributed by atoms with van der Waals surface area (Å²) in [4.78, 5) is 0. The summed E-state index contributed by atoms with van der Waals surface area (Å²) in [6, 6.07) is 0. The van der Waals surface area contributed by atoms with Gasteiger partial charge >= 0.3 is 0 Å². The molecule has 0 spiro atoms. The largest absolute Gasteiger partial charge is 0.516 e. The molecule has 184 valence electrons. The molecule has 0 amide bonds. The molecule has 0 aromatic heterocycles. The van der Waals surface area contributed by atoms with Gasteiger partial charge in [0.05, 0.1) is 26.1 Å². The van der Waals surface area contributed by atoms with Crippen molar-refractivity contribution < 1.29 is 30.3 Å². The van der Waals surface area contributed by atoms with E-state index in [9.17, 15) is 25.5 Å².